The summed E-state index contributed by atoms with van der Waals surface area (Å²) >= 11 is 1.55. The van der Waals surface area contributed by atoms with Crippen LogP contribution in [0.5, 0.6) is 5.19 Å². The third-order valence-electron chi connectivity index (χ3n) is 3.62. The maximum absolute atomic E-state index is 5.81. The quantitative estimate of drug-likeness (QED) is 0.784. The number of nitrogens with one attached hydrogen (secondary N) is 1. The Balaban J connectivity index is 1.73. The topological polar surface area (TPSA) is 47.0 Å². The Bertz CT molecular complexity index is 431. The largest absolute Gasteiger partial charge is 0.469 e. The van der Waals surface area contributed by atoms with E-state index in [-0.39, 0.29) is 0 Å². The van der Waals surface area contributed by atoms with Gasteiger partial charge in [-0.1, -0.05) is 44.3 Å². The highest BCUT2D eigenvalue weighted by molar-refractivity contribution is 7.13. The fourth-order valence-electron chi connectivity index (χ4n) is 2.25. The first-order valence-corrected chi connectivity index (χ1v) is 8.27. The van der Waals surface area contributed by atoms with E-state index in [9.17, 15) is 0 Å². The predicted octanol–water partition coefficient (Wildman–Crippen LogP) is 3.26. The summed E-state index contributed by atoms with van der Waals surface area (Å²) in [6.45, 7) is 9.21. The van der Waals surface area contributed by atoms with Crippen molar-refractivity contribution in [3.63, 3.8) is 0 Å². The Morgan fingerprint density at radius 1 is 1.35 bits per heavy atom. The van der Waals surface area contributed by atoms with Gasteiger partial charge in [-0.3, -0.25) is 0 Å². The maximum Gasteiger partial charge on any atom is 0.294 e. The number of hydrogen-bond donors (Lipinski definition) is 1. The number of ether oxygens (including phenoxy) is 1. The molecule has 1 aliphatic carbocycles. The molecule has 20 heavy (non-hydrogen) atoms. The zero-order chi connectivity index (χ0) is 14.4. The van der Waals surface area contributed by atoms with Gasteiger partial charge in [-0.25, -0.2) is 0 Å². The molecule has 0 spiro atoms. The van der Waals surface area contributed by atoms with Gasteiger partial charge in [-0.15, -0.1) is 10.2 Å². The molecule has 5 heteroatoms. The van der Waals surface area contributed by atoms with Crippen LogP contribution in [-0.4, -0.2) is 23.3 Å². The van der Waals surface area contributed by atoms with Crippen molar-refractivity contribution in [1.82, 2.24) is 15.5 Å². The molecule has 0 radical (unpaired) electrons. The number of aromatic nitrogens is 2. The average Bonchev–Trinajstić information content (AvgIpc) is 2.85. The zero-order valence-corrected chi connectivity index (χ0v) is 13.4. The molecular formula is C15H25N3OS. The second kappa shape index (κ2) is 7.74. The summed E-state index contributed by atoms with van der Waals surface area (Å²) in [5, 5.41) is 13.3. The molecule has 0 amide bonds. The van der Waals surface area contributed by atoms with E-state index in [1.807, 2.05) is 0 Å². The lowest BCUT2D eigenvalue weighted by molar-refractivity contribution is 0.197. The third-order valence-corrected chi connectivity index (χ3v) is 4.45. The lowest BCUT2D eigenvalue weighted by Gasteiger charge is -2.24. The number of nitrogens with zero attached hydrogens (tertiary/aromatic N) is 2. The summed E-state index contributed by atoms with van der Waals surface area (Å²) in [4.78, 5) is 0. The molecule has 1 aromatic rings. The summed E-state index contributed by atoms with van der Waals surface area (Å²) in [5.74, 6) is 1.95. The van der Waals surface area contributed by atoms with Crippen molar-refractivity contribution in [1.29, 1.82) is 0 Å². The smallest absolute Gasteiger partial charge is 0.294 e. The first-order chi connectivity index (χ1) is 9.65. The van der Waals surface area contributed by atoms with E-state index < -0.39 is 0 Å². The summed E-state index contributed by atoms with van der Waals surface area (Å²) in [6, 6.07) is 0. The van der Waals surface area contributed by atoms with Gasteiger partial charge < -0.3 is 10.1 Å². The van der Waals surface area contributed by atoms with E-state index >= 15 is 0 Å². The normalized spacial score (nSPS) is 22.4. The predicted molar refractivity (Wildman–Crippen MR) is 83.0 cm³/mol. The molecule has 1 N–H and O–H groups in total. The summed E-state index contributed by atoms with van der Waals surface area (Å²) < 4.78 is 5.81. The molecule has 1 aromatic heterocycles. The molecule has 0 saturated carbocycles. The molecular weight excluding hydrogens is 270 g/mol. The second-order valence-corrected chi connectivity index (χ2v) is 7.00. The van der Waals surface area contributed by atoms with E-state index in [4.69, 9.17) is 4.74 Å². The molecule has 0 fully saturated rings. The first kappa shape index (κ1) is 15.4. The summed E-state index contributed by atoms with van der Waals surface area (Å²) in [7, 11) is 0. The Morgan fingerprint density at radius 3 is 2.90 bits per heavy atom. The van der Waals surface area contributed by atoms with Gasteiger partial charge in [0.25, 0.3) is 5.19 Å². The monoisotopic (exact) mass is 295 g/mol. The van der Waals surface area contributed by atoms with Crippen molar-refractivity contribution in [3.8, 4) is 5.19 Å². The molecule has 0 saturated heterocycles. The molecule has 1 aliphatic rings. The highest BCUT2D eigenvalue weighted by Gasteiger charge is 2.19. The maximum atomic E-state index is 5.81. The van der Waals surface area contributed by atoms with Crippen LogP contribution >= 0.6 is 11.3 Å². The van der Waals surface area contributed by atoms with E-state index in [0.717, 1.165) is 37.5 Å². The van der Waals surface area contributed by atoms with Gasteiger partial charge in [0.2, 0.25) is 0 Å². The van der Waals surface area contributed by atoms with Crippen LogP contribution in [0.1, 0.15) is 38.6 Å². The number of allylic oxidation sites excluding steroid dienone is 2. The molecule has 2 rings (SSSR count). The van der Waals surface area contributed by atoms with Crippen LogP contribution in [-0.2, 0) is 6.54 Å². The average molecular weight is 295 g/mol. The molecule has 4 nitrogen and oxygen atoms in total. The van der Waals surface area contributed by atoms with Gasteiger partial charge in [0.05, 0.1) is 6.61 Å². The van der Waals surface area contributed by atoms with Crippen molar-refractivity contribution in [2.45, 2.75) is 40.2 Å². The minimum Gasteiger partial charge on any atom is -0.469 e. The van der Waals surface area contributed by atoms with Crippen LogP contribution in [0.4, 0.5) is 0 Å². The molecule has 1 heterocycles. The molecule has 112 valence electrons. The van der Waals surface area contributed by atoms with Crippen LogP contribution in [0.2, 0.25) is 0 Å². The zero-order valence-electron chi connectivity index (χ0n) is 12.6. The Kier molecular flexibility index (Phi) is 5.98. The molecule has 0 aromatic carbocycles. The Morgan fingerprint density at radius 2 is 2.15 bits per heavy atom. The van der Waals surface area contributed by atoms with Crippen LogP contribution in [0, 0.1) is 17.8 Å². The van der Waals surface area contributed by atoms with Gasteiger partial charge in [-0.05, 0) is 37.1 Å². The fourth-order valence-corrected chi connectivity index (χ4v) is 2.92. The van der Waals surface area contributed by atoms with Crippen LogP contribution in [0.25, 0.3) is 0 Å². The van der Waals surface area contributed by atoms with Crippen molar-refractivity contribution < 1.29 is 4.74 Å². The highest BCUT2D eigenvalue weighted by Crippen LogP contribution is 2.26. The minimum atomic E-state index is 0.603. The summed E-state index contributed by atoms with van der Waals surface area (Å²) in [5.41, 5.74) is 0. The van der Waals surface area contributed by atoms with E-state index in [1.165, 1.54) is 0 Å². The van der Waals surface area contributed by atoms with Gasteiger partial charge >= 0.3 is 0 Å². The SMILES string of the molecule is CC(C)CNCc1nnc(OCC2CC=CCC2C)s1. The number of hydrogen-bond acceptors (Lipinski definition) is 5. The lowest BCUT2D eigenvalue weighted by atomic mass is 9.85. The van der Waals surface area contributed by atoms with Crippen molar-refractivity contribution in [2.24, 2.45) is 17.8 Å². The molecule has 2 atom stereocenters. The first-order valence-electron chi connectivity index (χ1n) is 7.46. The molecule has 0 bridgehead atoms. The molecule has 2 unspecified atom stereocenters. The third kappa shape index (κ3) is 4.87. The Labute approximate surface area is 125 Å². The van der Waals surface area contributed by atoms with Crippen molar-refractivity contribution >= 4 is 11.3 Å². The minimum absolute atomic E-state index is 0.603. The molecule has 0 aliphatic heterocycles. The standard InChI is InChI=1S/C15H25N3OS/c1-11(2)8-16-9-14-17-18-15(20-14)19-10-13-7-5-4-6-12(13)3/h4-5,11-13,16H,6-10H2,1-3H3. The van der Waals surface area contributed by atoms with Crippen LogP contribution in [0.3, 0.4) is 0 Å². The Hall–Kier alpha value is -0.940. The van der Waals surface area contributed by atoms with Crippen LogP contribution < -0.4 is 10.1 Å². The van der Waals surface area contributed by atoms with E-state index in [0.29, 0.717) is 22.9 Å². The fraction of sp³-hybridized carbons (Fsp3) is 0.733. The van der Waals surface area contributed by atoms with Crippen molar-refractivity contribution in [3.05, 3.63) is 17.2 Å². The van der Waals surface area contributed by atoms with Crippen LogP contribution in [0.15, 0.2) is 12.2 Å². The van der Waals surface area contributed by atoms with Gasteiger partial charge in [-0.2, -0.15) is 0 Å². The summed E-state index contributed by atoms with van der Waals surface area (Å²) in [6.07, 6.45) is 6.80. The van der Waals surface area contributed by atoms with Gasteiger partial charge in [0, 0.05) is 6.54 Å². The second-order valence-electron chi connectivity index (χ2n) is 5.98. The highest BCUT2D eigenvalue weighted by atomic mass is 32.1. The van der Waals surface area contributed by atoms with Gasteiger partial charge in [0.1, 0.15) is 5.01 Å². The lowest BCUT2D eigenvalue weighted by Crippen LogP contribution is -2.21. The van der Waals surface area contributed by atoms with E-state index in [1.54, 1.807) is 11.3 Å². The van der Waals surface area contributed by atoms with E-state index in [2.05, 4.69) is 48.4 Å². The number of rotatable bonds is 7. The van der Waals surface area contributed by atoms with Gasteiger partial charge in [0.15, 0.2) is 0 Å². The van der Waals surface area contributed by atoms with Crippen molar-refractivity contribution in [2.75, 3.05) is 13.2 Å².